The standard InChI is InChI=1S/C5H11OP/c1-7-3-2-5(6)4-7/h5-6H,2-4H2,1H3/t5-,7+/m0/s1. The minimum Gasteiger partial charge on any atom is -0.393 e. The molecule has 42 valence electrons. The van der Waals surface area contributed by atoms with Crippen LogP contribution >= 0.6 is 7.92 Å². The SMILES string of the molecule is C[P@]1CC[C@H](O)C1. The molecule has 0 spiro atoms. The van der Waals surface area contributed by atoms with Crippen molar-refractivity contribution in [1.82, 2.24) is 0 Å². The maximum atomic E-state index is 8.92. The third-order valence-electron chi connectivity index (χ3n) is 1.37. The van der Waals surface area contributed by atoms with E-state index in [1.54, 1.807) is 0 Å². The van der Waals surface area contributed by atoms with Crippen LogP contribution in [0.25, 0.3) is 0 Å². The second-order valence-electron chi connectivity index (χ2n) is 2.20. The molecule has 0 unspecified atom stereocenters. The Morgan fingerprint density at radius 1 is 1.71 bits per heavy atom. The molecule has 0 radical (unpaired) electrons. The van der Waals surface area contributed by atoms with Crippen molar-refractivity contribution in [1.29, 1.82) is 0 Å². The van der Waals surface area contributed by atoms with Crippen molar-refractivity contribution in [2.24, 2.45) is 0 Å². The summed E-state index contributed by atoms with van der Waals surface area (Å²) in [4.78, 5) is 0. The van der Waals surface area contributed by atoms with Gasteiger partial charge in [0.05, 0.1) is 6.10 Å². The molecule has 0 aromatic heterocycles. The first-order valence-electron chi connectivity index (χ1n) is 2.65. The first kappa shape index (κ1) is 5.53. The normalized spacial score (nSPS) is 42.0. The molecule has 0 aromatic carbocycles. The van der Waals surface area contributed by atoms with Crippen molar-refractivity contribution in [2.75, 3.05) is 19.0 Å². The molecule has 2 heteroatoms. The minimum absolute atomic E-state index is 0.0520. The zero-order chi connectivity index (χ0) is 5.28. The monoisotopic (exact) mass is 118 g/mol. The summed E-state index contributed by atoms with van der Waals surface area (Å²) in [5.74, 6) is 0. The van der Waals surface area contributed by atoms with E-state index in [2.05, 4.69) is 6.66 Å². The topological polar surface area (TPSA) is 20.2 Å². The van der Waals surface area contributed by atoms with Gasteiger partial charge in [0, 0.05) is 0 Å². The van der Waals surface area contributed by atoms with Gasteiger partial charge in [0.2, 0.25) is 0 Å². The Morgan fingerprint density at radius 3 is 2.57 bits per heavy atom. The maximum absolute atomic E-state index is 8.92. The molecule has 1 fully saturated rings. The molecule has 1 nitrogen and oxygen atoms in total. The summed E-state index contributed by atoms with van der Waals surface area (Å²) < 4.78 is 0. The highest BCUT2D eigenvalue weighted by atomic mass is 31.1. The Balaban J connectivity index is 2.26. The highest BCUT2D eigenvalue weighted by Crippen LogP contribution is 2.38. The Bertz CT molecular complexity index is 57.1. The predicted molar refractivity (Wildman–Crippen MR) is 33.2 cm³/mol. The highest BCUT2D eigenvalue weighted by molar-refractivity contribution is 7.57. The summed E-state index contributed by atoms with van der Waals surface area (Å²) in [6.07, 6.45) is 3.49. The quantitative estimate of drug-likeness (QED) is 0.468. The first-order valence-corrected chi connectivity index (χ1v) is 4.81. The van der Waals surface area contributed by atoms with E-state index < -0.39 is 0 Å². The zero-order valence-corrected chi connectivity index (χ0v) is 5.49. The summed E-state index contributed by atoms with van der Waals surface area (Å²) in [7, 11) is 0.246. The molecule has 1 saturated heterocycles. The van der Waals surface area contributed by atoms with Gasteiger partial charge >= 0.3 is 0 Å². The first-order chi connectivity index (χ1) is 3.29. The molecule has 0 bridgehead atoms. The molecule has 7 heavy (non-hydrogen) atoms. The highest BCUT2D eigenvalue weighted by Gasteiger charge is 2.17. The summed E-state index contributed by atoms with van der Waals surface area (Å²) in [6.45, 7) is 2.26. The molecule has 1 aliphatic heterocycles. The lowest BCUT2D eigenvalue weighted by molar-refractivity contribution is 0.202. The van der Waals surface area contributed by atoms with Crippen LogP contribution in [0.15, 0.2) is 0 Å². The van der Waals surface area contributed by atoms with Crippen LogP contribution in [0.1, 0.15) is 6.42 Å². The van der Waals surface area contributed by atoms with Gasteiger partial charge in [-0.2, -0.15) is 0 Å². The van der Waals surface area contributed by atoms with Gasteiger partial charge < -0.3 is 5.11 Å². The molecule has 1 rings (SSSR count). The third-order valence-corrected chi connectivity index (χ3v) is 3.43. The Kier molecular flexibility index (Phi) is 1.66. The molecular formula is C5H11OP. The molecule has 1 aliphatic rings. The van der Waals surface area contributed by atoms with Gasteiger partial charge in [0.15, 0.2) is 0 Å². The zero-order valence-electron chi connectivity index (χ0n) is 4.59. The van der Waals surface area contributed by atoms with E-state index in [9.17, 15) is 0 Å². The molecule has 0 amide bonds. The summed E-state index contributed by atoms with van der Waals surface area (Å²) in [5.41, 5.74) is 0. The molecule has 0 aromatic rings. The number of hydrogen-bond donors (Lipinski definition) is 1. The fraction of sp³-hybridized carbons (Fsp3) is 1.00. The van der Waals surface area contributed by atoms with Crippen molar-refractivity contribution in [3.63, 3.8) is 0 Å². The smallest absolute Gasteiger partial charge is 0.0582 e. The summed E-state index contributed by atoms with van der Waals surface area (Å²) in [5, 5.41) is 8.92. The fourth-order valence-corrected chi connectivity index (χ4v) is 2.74. The van der Waals surface area contributed by atoms with Gasteiger partial charge in [-0.3, -0.25) is 0 Å². The number of aliphatic hydroxyl groups is 1. The Hall–Kier alpha value is 0.390. The lowest BCUT2D eigenvalue weighted by atomic mass is 10.3. The molecule has 2 atom stereocenters. The van der Waals surface area contributed by atoms with Crippen molar-refractivity contribution < 1.29 is 5.11 Å². The second kappa shape index (κ2) is 2.11. The molecule has 1 N–H and O–H groups in total. The summed E-state index contributed by atoms with van der Waals surface area (Å²) >= 11 is 0. The molecule has 1 heterocycles. The van der Waals surface area contributed by atoms with Crippen LogP contribution in [0.4, 0.5) is 0 Å². The van der Waals surface area contributed by atoms with Crippen molar-refractivity contribution in [3.05, 3.63) is 0 Å². The van der Waals surface area contributed by atoms with Crippen LogP contribution in [0.3, 0.4) is 0 Å². The van der Waals surface area contributed by atoms with Gasteiger partial charge in [-0.1, -0.05) is 0 Å². The molecular weight excluding hydrogens is 107 g/mol. The van der Waals surface area contributed by atoms with Crippen molar-refractivity contribution in [3.8, 4) is 0 Å². The lowest BCUT2D eigenvalue weighted by Crippen LogP contribution is -2.01. The lowest BCUT2D eigenvalue weighted by Gasteiger charge is -1.96. The maximum Gasteiger partial charge on any atom is 0.0582 e. The van der Waals surface area contributed by atoms with Gasteiger partial charge in [0.1, 0.15) is 0 Å². The van der Waals surface area contributed by atoms with Crippen LogP contribution < -0.4 is 0 Å². The average Bonchev–Trinajstić information content (AvgIpc) is 1.87. The average molecular weight is 118 g/mol. The minimum atomic E-state index is 0.0520. The van der Waals surface area contributed by atoms with Crippen molar-refractivity contribution >= 4 is 7.92 Å². The van der Waals surface area contributed by atoms with E-state index in [4.69, 9.17) is 5.11 Å². The van der Waals surface area contributed by atoms with E-state index in [0.29, 0.717) is 0 Å². The van der Waals surface area contributed by atoms with Crippen LogP contribution in [0, 0.1) is 0 Å². The van der Waals surface area contributed by atoms with Crippen LogP contribution in [-0.2, 0) is 0 Å². The van der Waals surface area contributed by atoms with Crippen LogP contribution in [-0.4, -0.2) is 30.2 Å². The predicted octanol–water partition coefficient (Wildman–Crippen LogP) is 0.863. The molecule has 0 aliphatic carbocycles. The van der Waals surface area contributed by atoms with E-state index in [1.807, 2.05) is 0 Å². The largest absolute Gasteiger partial charge is 0.393 e. The van der Waals surface area contributed by atoms with E-state index in [1.165, 1.54) is 6.16 Å². The Labute approximate surface area is 45.5 Å². The third kappa shape index (κ3) is 1.40. The van der Waals surface area contributed by atoms with Gasteiger partial charge in [-0.05, 0) is 25.4 Å². The van der Waals surface area contributed by atoms with E-state index >= 15 is 0 Å². The van der Waals surface area contributed by atoms with Crippen LogP contribution in [0.2, 0.25) is 0 Å². The number of hydrogen-bond acceptors (Lipinski definition) is 1. The number of aliphatic hydroxyl groups excluding tert-OH is 1. The molecule has 0 saturated carbocycles. The van der Waals surface area contributed by atoms with Gasteiger partial charge in [-0.25, -0.2) is 0 Å². The van der Waals surface area contributed by atoms with E-state index in [0.717, 1.165) is 12.6 Å². The van der Waals surface area contributed by atoms with Gasteiger partial charge in [-0.15, -0.1) is 7.92 Å². The van der Waals surface area contributed by atoms with Gasteiger partial charge in [0.25, 0.3) is 0 Å². The Morgan fingerprint density at radius 2 is 2.43 bits per heavy atom. The number of rotatable bonds is 0. The second-order valence-corrected chi connectivity index (χ2v) is 4.73. The summed E-state index contributed by atoms with van der Waals surface area (Å²) in [6, 6.07) is 0. The van der Waals surface area contributed by atoms with Crippen molar-refractivity contribution in [2.45, 2.75) is 12.5 Å². The fourth-order valence-electron chi connectivity index (χ4n) is 0.912. The van der Waals surface area contributed by atoms with E-state index in [-0.39, 0.29) is 14.0 Å². The van der Waals surface area contributed by atoms with Crippen LogP contribution in [0.5, 0.6) is 0 Å².